The van der Waals surface area contributed by atoms with Crippen molar-refractivity contribution in [3.63, 3.8) is 0 Å². The van der Waals surface area contributed by atoms with E-state index in [0.717, 1.165) is 18.6 Å². The Morgan fingerprint density at radius 2 is 2.24 bits per heavy atom. The number of hydrogen-bond acceptors (Lipinski definition) is 7. The van der Waals surface area contributed by atoms with Crippen LogP contribution in [0.5, 0.6) is 0 Å². The Labute approximate surface area is 149 Å². The van der Waals surface area contributed by atoms with Gasteiger partial charge in [0.1, 0.15) is 5.76 Å². The third kappa shape index (κ3) is 4.53. The molecule has 1 aromatic heterocycles. The van der Waals surface area contributed by atoms with Crippen molar-refractivity contribution in [1.82, 2.24) is 14.8 Å². The van der Waals surface area contributed by atoms with Gasteiger partial charge in [-0.15, -0.1) is 10.8 Å². The second kappa shape index (κ2) is 7.63. The minimum absolute atomic E-state index is 0.0162. The highest BCUT2D eigenvalue weighted by Crippen LogP contribution is 2.46. The Kier molecular flexibility index (Phi) is 5.69. The van der Waals surface area contributed by atoms with Gasteiger partial charge in [-0.25, -0.2) is 4.31 Å². The zero-order chi connectivity index (χ0) is 18.0. The molecule has 2 aliphatic rings. The van der Waals surface area contributed by atoms with Crippen molar-refractivity contribution in [3.05, 3.63) is 17.5 Å². The molecule has 1 aromatic rings. The quantitative estimate of drug-likeness (QED) is 0.673. The van der Waals surface area contributed by atoms with Crippen molar-refractivity contribution in [2.45, 2.75) is 50.6 Å². The van der Waals surface area contributed by atoms with Gasteiger partial charge in [0, 0.05) is 37.7 Å². The topological polar surface area (TPSA) is 108 Å². The summed E-state index contributed by atoms with van der Waals surface area (Å²) in [6.45, 7) is 2.77. The molecule has 0 radical (unpaired) electrons. The van der Waals surface area contributed by atoms with Gasteiger partial charge in [0.15, 0.2) is 5.69 Å². The van der Waals surface area contributed by atoms with Crippen molar-refractivity contribution in [1.29, 1.82) is 0 Å². The van der Waals surface area contributed by atoms with Crippen LogP contribution in [0.4, 0.5) is 0 Å². The van der Waals surface area contributed by atoms with Crippen LogP contribution in [0.15, 0.2) is 10.6 Å². The summed E-state index contributed by atoms with van der Waals surface area (Å²) in [5.41, 5.74) is 0.321. The van der Waals surface area contributed by atoms with Crippen LogP contribution < -0.4 is 5.32 Å². The number of ether oxygens (including phenoxy) is 1. The summed E-state index contributed by atoms with van der Waals surface area (Å²) in [5.74, 6) is 1.19. The highest BCUT2D eigenvalue weighted by Gasteiger charge is 2.34. The molecule has 3 N–H and O–H groups in total. The lowest BCUT2D eigenvalue weighted by Crippen LogP contribution is -2.50. The molecule has 1 unspecified atom stereocenters. The van der Waals surface area contributed by atoms with Gasteiger partial charge in [-0.2, -0.15) is 0 Å². The maximum Gasteiger partial charge on any atom is 0.273 e. The first-order valence-corrected chi connectivity index (χ1v) is 10.4. The van der Waals surface area contributed by atoms with Crippen LogP contribution in [-0.4, -0.2) is 62.6 Å². The lowest BCUT2D eigenvalue weighted by Gasteiger charge is -2.49. The largest absolute Gasteiger partial charge is 0.383 e. The molecule has 1 aliphatic heterocycles. The molecule has 1 saturated heterocycles. The Morgan fingerprint density at radius 1 is 1.48 bits per heavy atom. The zero-order valence-electron chi connectivity index (χ0n) is 14.7. The minimum Gasteiger partial charge on any atom is -0.383 e. The fourth-order valence-corrected chi connectivity index (χ4v) is 4.93. The van der Waals surface area contributed by atoms with Crippen molar-refractivity contribution < 1.29 is 23.2 Å². The molecular weight excluding hydrogens is 346 g/mol. The van der Waals surface area contributed by atoms with E-state index in [1.807, 2.05) is 6.92 Å². The fraction of sp³-hybridized carbons (Fsp3) is 0.750. The fourth-order valence-electron chi connectivity index (χ4n) is 3.24. The smallest absolute Gasteiger partial charge is 0.273 e. The predicted molar refractivity (Wildman–Crippen MR) is 94.7 cm³/mol. The molecule has 0 bridgehead atoms. The highest BCUT2D eigenvalue weighted by atomic mass is 32.3. The van der Waals surface area contributed by atoms with E-state index < -0.39 is 10.8 Å². The Hall–Kier alpha value is -1.13. The van der Waals surface area contributed by atoms with E-state index in [-0.39, 0.29) is 23.7 Å². The van der Waals surface area contributed by atoms with Gasteiger partial charge in [-0.3, -0.25) is 13.9 Å². The van der Waals surface area contributed by atoms with Crippen molar-refractivity contribution in [2.75, 3.05) is 26.0 Å². The van der Waals surface area contributed by atoms with Crippen LogP contribution >= 0.6 is 10.8 Å². The maximum atomic E-state index is 12.3. The molecule has 9 heteroatoms. The van der Waals surface area contributed by atoms with Crippen LogP contribution in [-0.2, 0) is 4.74 Å². The molecule has 2 heterocycles. The molecule has 1 saturated carbocycles. The summed E-state index contributed by atoms with van der Waals surface area (Å²) < 4.78 is 32.6. The van der Waals surface area contributed by atoms with E-state index in [2.05, 4.69) is 10.5 Å². The van der Waals surface area contributed by atoms with Crippen LogP contribution in [0.2, 0.25) is 0 Å². The number of amides is 1. The van der Waals surface area contributed by atoms with Crippen LogP contribution in [0, 0.1) is 0 Å². The number of aromatic nitrogens is 1. The molecule has 0 spiro atoms. The van der Waals surface area contributed by atoms with Gasteiger partial charge in [0.25, 0.3) is 5.91 Å². The molecular formula is C16H27N3O5S. The predicted octanol–water partition coefficient (Wildman–Crippen LogP) is 2.45. The van der Waals surface area contributed by atoms with Gasteiger partial charge in [-0.05, 0) is 32.6 Å². The number of rotatable bonds is 7. The monoisotopic (exact) mass is 373 g/mol. The average molecular weight is 373 g/mol. The standard InChI is InChI=1S/C16H27N3O5S/c1-11-9-13(5-6-19(11)25(21,22)8-7-23-2)17-16(20)14-10-15(24-18-14)12-3-4-12/h10-13,21-22H,3-9H2,1-2H3,(H,17,20)/t11?,13-/m1/s1. The first kappa shape index (κ1) is 18.7. The van der Waals surface area contributed by atoms with Crippen LogP contribution in [0.25, 0.3) is 0 Å². The van der Waals surface area contributed by atoms with E-state index in [1.54, 1.807) is 17.5 Å². The number of hydrogen-bond donors (Lipinski definition) is 3. The highest BCUT2D eigenvalue weighted by molar-refractivity contribution is 8.22. The van der Waals surface area contributed by atoms with Crippen molar-refractivity contribution in [2.24, 2.45) is 0 Å². The first-order valence-electron chi connectivity index (χ1n) is 8.70. The summed E-state index contributed by atoms with van der Waals surface area (Å²) in [6, 6.07) is 1.67. The summed E-state index contributed by atoms with van der Waals surface area (Å²) in [6.07, 6.45) is 3.51. The number of carbonyl (C=O) groups is 1. The molecule has 2 fully saturated rings. The number of nitrogens with one attached hydrogen (secondary N) is 1. The van der Waals surface area contributed by atoms with E-state index in [1.165, 1.54) is 0 Å². The third-order valence-corrected chi connectivity index (χ3v) is 6.84. The SMILES string of the molecule is COCCS(O)(O)N1CC[C@@H](NC(=O)c2cc(C3CC3)on2)CC1C. The number of nitrogens with zero attached hydrogens (tertiary/aromatic N) is 2. The summed E-state index contributed by atoms with van der Waals surface area (Å²) in [7, 11) is -1.29. The maximum absolute atomic E-state index is 12.3. The third-order valence-electron chi connectivity index (χ3n) is 4.83. The molecule has 25 heavy (non-hydrogen) atoms. The number of carbonyl (C=O) groups excluding carboxylic acids is 1. The van der Waals surface area contributed by atoms with Gasteiger partial charge >= 0.3 is 0 Å². The molecule has 2 atom stereocenters. The van der Waals surface area contributed by atoms with Gasteiger partial charge in [-0.1, -0.05) is 5.16 Å². The van der Waals surface area contributed by atoms with E-state index >= 15 is 0 Å². The first-order chi connectivity index (χ1) is 11.9. The van der Waals surface area contributed by atoms with E-state index in [9.17, 15) is 13.9 Å². The normalized spacial score (nSPS) is 25.8. The second-order valence-corrected chi connectivity index (χ2v) is 9.04. The lowest BCUT2D eigenvalue weighted by molar-refractivity contribution is 0.0902. The average Bonchev–Trinajstić information content (AvgIpc) is 3.29. The Balaban J connectivity index is 1.52. The summed E-state index contributed by atoms with van der Waals surface area (Å²) >= 11 is 0. The van der Waals surface area contributed by atoms with Gasteiger partial charge < -0.3 is 14.6 Å². The summed E-state index contributed by atoms with van der Waals surface area (Å²) in [4.78, 5) is 12.3. The second-order valence-electron chi connectivity index (χ2n) is 6.90. The lowest BCUT2D eigenvalue weighted by atomic mass is 10.0. The van der Waals surface area contributed by atoms with Gasteiger partial charge in [0.2, 0.25) is 0 Å². The zero-order valence-corrected chi connectivity index (χ0v) is 15.5. The van der Waals surface area contributed by atoms with Gasteiger partial charge in [0.05, 0.1) is 12.4 Å². The Bertz CT molecular complexity index is 604. The van der Waals surface area contributed by atoms with E-state index in [4.69, 9.17) is 9.26 Å². The van der Waals surface area contributed by atoms with Crippen LogP contribution in [0.1, 0.15) is 54.8 Å². The Morgan fingerprint density at radius 3 is 2.88 bits per heavy atom. The molecule has 0 aromatic carbocycles. The molecule has 8 nitrogen and oxygen atoms in total. The van der Waals surface area contributed by atoms with Crippen molar-refractivity contribution in [3.8, 4) is 0 Å². The molecule has 142 valence electrons. The number of piperidine rings is 1. The summed E-state index contributed by atoms with van der Waals surface area (Å²) in [5, 5.41) is 6.85. The van der Waals surface area contributed by atoms with Crippen LogP contribution in [0.3, 0.4) is 0 Å². The number of methoxy groups -OCH3 is 1. The molecule has 1 aliphatic carbocycles. The molecule has 1 amide bonds. The molecule has 3 rings (SSSR count). The van der Waals surface area contributed by atoms with E-state index in [0.29, 0.717) is 37.6 Å². The van der Waals surface area contributed by atoms with Crippen molar-refractivity contribution >= 4 is 16.7 Å². The minimum atomic E-state index is -2.83.